The average Bonchev–Trinajstić information content (AvgIpc) is 2.47. The Morgan fingerprint density at radius 1 is 1.40 bits per heavy atom. The standard InChI is InChI=1S/C16H23NO3/c1-13-4-3-5-15(12-13)20-11-8-17(2)16(18)14-6-9-19-10-7-14/h3-5,12,14H,6-11H2,1-2H3. The Bertz CT molecular complexity index is 441. The molecule has 0 N–H and O–H groups in total. The molecule has 20 heavy (non-hydrogen) atoms. The third-order valence-corrected chi connectivity index (χ3v) is 3.63. The van der Waals surface area contributed by atoms with E-state index in [0.717, 1.165) is 18.6 Å². The van der Waals surface area contributed by atoms with Crippen molar-refractivity contribution < 1.29 is 14.3 Å². The minimum absolute atomic E-state index is 0.118. The van der Waals surface area contributed by atoms with Gasteiger partial charge in [0.2, 0.25) is 5.91 Å². The fourth-order valence-electron chi connectivity index (χ4n) is 2.37. The van der Waals surface area contributed by atoms with E-state index in [1.54, 1.807) is 4.90 Å². The van der Waals surface area contributed by atoms with Crippen LogP contribution in [0.1, 0.15) is 18.4 Å². The summed E-state index contributed by atoms with van der Waals surface area (Å²) in [6.45, 7) is 4.57. The van der Waals surface area contributed by atoms with Crippen LogP contribution in [0.15, 0.2) is 24.3 Å². The maximum Gasteiger partial charge on any atom is 0.225 e. The Hall–Kier alpha value is -1.55. The average molecular weight is 277 g/mol. The lowest BCUT2D eigenvalue weighted by molar-refractivity contribution is -0.137. The summed E-state index contributed by atoms with van der Waals surface area (Å²) in [6, 6.07) is 7.95. The first-order valence-corrected chi connectivity index (χ1v) is 7.19. The number of hydrogen-bond acceptors (Lipinski definition) is 3. The zero-order valence-electron chi connectivity index (χ0n) is 12.3. The molecule has 0 radical (unpaired) electrons. The van der Waals surface area contributed by atoms with Crippen molar-refractivity contribution in [1.82, 2.24) is 4.90 Å². The number of aryl methyl sites for hydroxylation is 1. The first kappa shape index (κ1) is 14.9. The van der Waals surface area contributed by atoms with Crippen LogP contribution in [0.3, 0.4) is 0 Å². The minimum atomic E-state index is 0.118. The van der Waals surface area contributed by atoms with Crippen LogP contribution in [0, 0.1) is 12.8 Å². The van der Waals surface area contributed by atoms with Gasteiger partial charge in [-0.3, -0.25) is 4.79 Å². The summed E-state index contributed by atoms with van der Waals surface area (Å²) in [4.78, 5) is 14.0. The summed E-state index contributed by atoms with van der Waals surface area (Å²) in [5, 5.41) is 0. The normalized spacial score (nSPS) is 15.9. The predicted octanol–water partition coefficient (Wildman–Crippen LogP) is 2.26. The van der Waals surface area contributed by atoms with E-state index >= 15 is 0 Å². The van der Waals surface area contributed by atoms with Gasteiger partial charge in [0, 0.05) is 26.2 Å². The van der Waals surface area contributed by atoms with Crippen molar-refractivity contribution in [3.05, 3.63) is 29.8 Å². The van der Waals surface area contributed by atoms with Crippen molar-refractivity contribution in [2.45, 2.75) is 19.8 Å². The van der Waals surface area contributed by atoms with Crippen molar-refractivity contribution in [1.29, 1.82) is 0 Å². The van der Waals surface area contributed by atoms with Gasteiger partial charge in [0.15, 0.2) is 0 Å². The molecule has 1 aliphatic heterocycles. The van der Waals surface area contributed by atoms with Gasteiger partial charge in [0.05, 0.1) is 6.54 Å². The van der Waals surface area contributed by atoms with E-state index in [2.05, 4.69) is 0 Å². The Balaban J connectivity index is 1.74. The van der Waals surface area contributed by atoms with Crippen LogP contribution in [-0.4, -0.2) is 44.2 Å². The molecule has 1 aliphatic rings. The van der Waals surface area contributed by atoms with Gasteiger partial charge in [-0.05, 0) is 37.5 Å². The first-order valence-electron chi connectivity index (χ1n) is 7.19. The van der Waals surface area contributed by atoms with Gasteiger partial charge in [0.1, 0.15) is 12.4 Å². The van der Waals surface area contributed by atoms with E-state index in [4.69, 9.17) is 9.47 Å². The zero-order valence-corrected chi connectivity index (χ0v) is 12.3. The fraction of sp³-hybridized carbons (Fsp3) is 0.562. The molecule has 1 amide bonds. The number of carbonyl (C=O) groups excluding carboxylic acids is 1. The van der Waals surface area contributed by atoms with Gasteiger partial charge in [-0.2, -0.15) is 0 Å². The second kappa shape index (κ2) is 7.29. The third kappa shape index (κ3) is 4.23. The van der Waals surface area contributed by atoms with Crippen molar-refractivity contribution in [3.63, 3.8) is 0 Å². The van der Waals surface area contributed by atoms with Crippen molar-refractivity contribution >= 4 is 5.91 Å². The van der Waals surface area contributed by atoms with E-state index in [1.807, 2.05) is 38.2 Å². The van der Waals surface area contributed by atoms with Crippen LogP contribution < -0.4 is 4.74 Å². The van der Waals surface area contributed by atoms with Gasteiger partial charge in [0.25, 0.3) is 0 Å². The van der Waals surface area contributed by atoms with E-state index in [0.29, 0.717) is 26.4 Å². The summed E-state index contributed by atoms with van der Waals surface area (Å²) in [6.07, 6.45) is 1.67. The van der Waals surface area contributed by atoms with Crippen LogP contribution in [-0.2, 0) is 9.53 Å². The van der Waals surface area contributed by atoms with Crippen LogP contribution >= 0.6 is 0 Å². The molecule has 0 bridgehead atoms. The predicted molar refractivity (Wildman–Crippen MR) is 77.9 cm³/mol. The minimum Gasteiger partial charge on any atom is -0.492 e. The topological polar surface area (TPSA) is 38.8 Å². The molecule has 1 aromatic rings. The smallest absolute Gasteiger partial charge is 0.225 e. The van der Waals surface area contributed by atoms with Gasteiger partial charge in [-0.1, -0.05) is 12.1 Å². The molecule has 0 unspecified atom stereocenters. The lowest BCUT2D eigenvalue weighted by Crippen LogP contribution is -2.38. The van der Waals surface area contributed by atoms with Crippen molar-refractivity contribution in [3.8, 4) is 5.75 Å². The highest BCUT2D eigenvalue weighted by Crippen LogP contribution is 2.17. The van der Waals surface area contributed by atoms with Crippen LogP contribution in [0.5, 0.6) is 5.75 Å². The SMILES string of the molecule is Cc1cccc(OCCN(C)C(=O)C2CCOCC2)c1. The lowest BCUT2D eigenvalue weighted by atomic mass is 9.99. The Labute approximate surface area is 120 Å². The molecule has 4 heteroatoms. The molecule has 1 saturated heterocycles. The van der Waals surface area contributed by atoms with Crippen LogP contribution in [0.4, 0.5) is 0 Å². The van der Waals surface area contributed by atoms with E-state index in [9.17, 15) is 4.79 Å². The van der Waals surface area contributed by atoms with Gasteiger partial charge in [-0.15, -0.1) is 0 Å². The Morgan fingerprint density at radius 2 is 2.15 bits per heavy atom. The first-order chi connectivity index (χ1) is 9.66. The summed E-state index contributed by atoms with van der Waals surface area (Å²) >= 11 is 0. The number of carbonyl (C=O) groups is 1. The molecule has 1 fully saturated rings. The number of likely N-dealkylation sites (N-methyl/N-ethyl adjacent to an activating group) is 1. The Kier molecular flexibility index (Phi) is 5.41. The van der Waals surface area contributed by atoms with E-state index in [1.165, 1.54) is 5.56 Å². The maximum atomic E-state index is 12.2. The number of nitrogens with zero attached hydrogens (tertiary/aromatic N) is 1. The zero-order chi connectivity index (χ0) is 14.4. The highest BCUT2D eigenvalue weighted by atomic mass is 16.5. The fourth-order valence-corrected chi connectivity index (χ4v) is 2.37. The molecule has 1 aromatic carbocycles. The summed E-state index contributed by atoms with van der Waals surface area (Å²) < 4.78 is 11.0. The molecule has 0 spiro atoms. The summed E-state index contributed by atoms with van der Waals surface area (Å²) in [7, 11) is 1.84. The molecule has 110 valence electrons. The van der Waals surface area contributed by atoms with Gasteiger partial charge >= 0.3 is 0 Å². The third-order valence-electron chi connectivity index (χ3n) is 3.63. The second-order valence-corrected chi connectivity index (χ2v) is 5.31. The largest absolute Gasteiger partial charge is 0.492 e. The number of amides is 1. The molecular formula is C16H23NO3. The van der Waals surface area contributed by atoms with E-state index in [-0.39, 0.29) is 11.8 Å². The molecule has 2 rings (SSSR count). The van der Waals surface area contributed by atoms with E-state index < -0.39 is 0 Å². The highest BCUT2D eigenvalue weighted by molar-refractivity contribution is 5.78. The quantitative estimate of drug-likeness (QED) is 0.828. The molecule has 0 saturated carbocycles. The molecule has 0 atom stereocenters. The molecule has 0 aromatic heterocycles. The van der Waals surface area contributed by atoms with Gasteiger partial charge in [-0.25, -0.2) is 0 Å². The second-order valence-electron chi connectivity index (χ2n) is 5.31. The monoisotopic (exact) mass is 277 g/mol. The molecule has 1 heterocycles. The molecular weight excluding hydrogens is 254 g/mol. The van der Waals surface area contributed by atoms with Gasteiger partial charge < -0.3 is 14.4 Å². The molecule has 0 aliphatic carbocycles. The number of ether oxygens (including phenoxy) is 2. The molecule has 4 nitrogen and oxygen atoms in total. The summed E-state index contributed by atoms with van der Waals surface area (Å²) in [5.74, 6) is 1.19. The highest BCUT2D eigenvalue weighted by Gasteiger charge is 2.24. The lowest BCUT2D eigenvalue weighted by Gasteiger charge is -2.26. The number of benzene rings is 1. The Morgan fingerprint density at radius 3 is 2.85 bits per heavy atom. The van der Waals surface area contributed by atoms with Crippen molar-refractivity contribution in [2.75, 3.05) is 33.4 Å². The van der Waals surface area contributed by atoms with Crippen molar-refractivity contribution in [2.24, 2.45) is 5.92 Å². The number of hydrogen-bond donors (Lipinski definition) is 0. The summed E-state index contributed by atoms with van der Waals surface area (Å²) in [5.41, 5.74) is 1.18. The van der Waals surface area contributed by atoms with Crippen LogP contribution in [0.2, 0.25) is 0 Å². The maximum absolute atomic E-state index is 12.2. The number of rotatable bonds is 5. The van der Waals surface area contributed by atoms with Crippen LogP contribution in [0.25, 0.3) is 0 Å².